The first-order valence-electron chi connectivity index (χ1n) is 10.5. The van der Waals surface area contributed by atoms with Crippen LogP contribution in [0.5, 0.6) is 0 Å². The van der Waals surface area contributed by atoms with Crippen LogP contribution in [0.25, 0.3) is 0 Å². The van der Waals surface area contributed by atoms with Gasteiger partial charge in [-0.05, 0) is 49.9 Å². The van der Waals surface area contributed by atoms with Crippen LogP contribution in [0.2, 0.25) is 10.0 Å². The number of halogens is 2. The smallest absolute Gasteiger partial charge is 0.242 e. The van der Waals surface area contributed by atoms with Crippen LogP contribution in [0.3, 0.4) is 0 Å². The molecule has 0 aliphatic rings. The standard InChI is InChI=1S/C24H30Cl2N2O2S/c1-4-17(2)27-24(30)18(3)28(13-12-19-8-6-5-7-9-19)23(29)16-31-15-20-10-11-21(25)14-22(20)26/h5-11,14,17-18H,4,12-13,15-16H2,1-3H3,(H,27,30)/t17-,18+/m0/s1. The Labute approximate surface area is 199 Å². The van der Waals surface area contributed by atoms with Gasteiger partial charge in [0.15, 0.2) is 0 Å². The predicted molar refractivity (Wildman–Crippen MR) is 132 cm³/mol. The van der Waals surface area contributed by atoms with Gasteiger partial charge in [-0.3, -0.25) is 9.59 Å². The number of nitrogens with zero attached hydrogens (tertiary/aromatic N) is 1. The van der Waals surface area contributed by atoms with Crippen molar-refractivity contribution in [3.05, 3.63) is 69.7 Å². The molecular formula is C24H30Cl2N2O2S. The number of hydrogen-bond acceptors (Lipinski definition) is 3. The zero-order valence-corrected chi connectivity index (χ0v) is 20.6. The Morgan fingerprint density at radius 1 is 1.10 bits per heavy atom. The number of rotatable bonds is 11. The molecule has 4 nitrogen and oxygen atoms in total. The number of nitrogens with one attached hydrogen (secondary N) is 1. The maximum Gasteiger partial charge on any atom is 0.242 e. The highest BCUT2D eigenvalue weighted by molar-refractivity contribution is 7.99. The monoisotopic (exact) mass is 480 g/mol. The number of benzene rings is 2. The Hall–Kier alpha value is -1.69. The molecule has 2 atom stereocenters. The molecule has 2 rings (SSSR count). The first-order chi connectivity index (χ1) is 14.8. The highest BCUT2D eigenvalue weighted by Crippen LogP contribution is 2.25. The molecule has 0 radical (unpaired) electrons. The number of carbonyl (C=O) groups is 2. The van der Waals surface area contributed by atoms with Gasteiger partial charge < -0.3 is 10.2 Å². The van der Waals surface area contributed by atoms with Crippen molar-refractivity contribution in [2.75, 3.05) is 12.3 Å². The van der Waals surface area contributed by atoms with Crippen LogP contribution in [0.4, 0.5) is 0 Å². The van der Waals surface area contributed by atoms with Crippen molar-refractivity contribution in [1.82, 2.24) is 10.2 Å². The van der Waals surface area contributed by atoms with Gasteiger partial charge in [0.25, 0.3) is 0 Å². The third-order valence-corrected chi connectivity index (χ3v) is 6.70. The molecule has 0 aliphatic heterocycles. The van der Waals surface area contributed by atoms with Gasteiger partial charge in [0, 0.05) is 28.4 Å². The molecule has 7 heteroatoms. The van der Waals surface area contributed by atoms with E-state index in [1.807, 2.05) is 50.2 Å². The van der Waals surface area contributed by atoms with Crippen LogP contribution in [0.1, 0.15) is 38.3 Å². The van der Waals surface area contributed by atoms with Gasteiger partial charge in [-0.25, -0.2) is 0 Å². The van der Waals surface area contributed by atoms with E-state index < -0.39 is 6.04 Å². The zero-order valence-electron chi connectivity index (χ0n) is 18.2. The Balaban J connectivity index is 2.02. The molecular weight excluding hydrogens is 451 g/mol. The van der Waals surface area contributed by atoms with Crippen molar-refractivity contribution >= 4 is 46.8 Å². The molecule has 2 amide bonds. The SMILES string of the molecule is CC[C@H](C)NC(=O)[C@@H](C)N(CCc1ccccc1)C(=O)CSCc1ccc(Cl)cc1Cl. The summed E-state index contributed by atoms with van der Waals surface area (Å²) in [6, 6.07) is 14.9. The predicted octanol–water partition coefficient (Wildman–Crippen LogP) is 5.60. The molecule has 0 fully saturated rings. The van der Waals surface area contributed by atoms with Crippen LogP contribution < -0.4 is 5.32 Å². The average molecular weight is 481 g/mol. The average Bonchev–Trinajstić information content (AvgIpc) is 2.75. The van der Waals surface area contributed by atoms with Crippen LogP contribution in [0.15, 0.2) is 48.5 Å². The van der Waals surface area contributed by atoms with Crippen molar-refractivity contribution in [3.8, 4) is 0 Å². The molecule has 0 saturated heterocycles. The summed E-state index contributed by atoms with van der Waals surface area (Å²) in [7, 11) is 0. The summed E-state index contributed by atoms with van der Waals surface area (Å²) < 4.78 is 0. The highest BCUT2D eigenvalue weighted by atomic mass is 35.5. The van der Waals surface area contributed by atoms with Crippen molar-refractivity contribution < 1.29 is 9.59 Å². The number of amides is 2. The van der Waals surface area contributed by atoms with Gasteiger partial charge in [-0.15, -0.1) is 11.8 Å². The molecule has 1 N–H and O–H groups in total. The van der Waals surface area contributed by atoms with Crippen LogP contribution in [-0.4, -0.2) is 41.1 Å². The molecule has 0 aromatic heterocycles. The minimum Gasteiger partial charge on any atom is -0.352 e. The molecule has 168 valence electrons. The molecule has 0 bridgehead atoms. The lowest BCUT2D eigenvalue weighted by atomic mass is 10.1. The lowest BCUT2D eigenvalue weighted by molar-refractivity contribution is -0.138. The largest absolute Gasteiger partial charge is 0.352 e. The van der Waals surface area contributed by atoms with Gasteiger partial charge in [0.2, 0.25) is 11.8 Å². The Kier molecular flexibility index (Phi) is 10.7. The lowest BCUT2D eigenvalue weighted by Crippen LogP contribution is -2.51. The van der Waals surface area contributed by atoms with Crippen molar-refractivity contribution in [2.45, 2.75) is 51.4 Å². The molecule has 0 spiro atoms. The fraction of sp³-hybridized carbons (Fsp3) is 0.417. The van der Waals surface area contributed by atoms with Crippen LogP contribution in [-0.2, 0) is 21.8 Å². The third kappa shape index (κ3) is 8.40. The Bertz CT molecular complexity index is 864. The van der Waals surface area contributed by atoms with Gasteiger partial charge in [-0.1, -0.05) is 66.5 Å². The van der Waals surface area contributed by atoms with E-state index >= 15 is 0 Å². The van der Waals surface area contributed by atoms with E-state index in [-0.39, 0.29) is 23.6 Å². The summed E-state index contributed by atoms with van der Waals surface area (Å²) in [5.41, 5.74) is 2.07. The van der Waals surface area contributed by atoms with Gasteiger partial charge >= 0.3 is 0 Å². The minimum atomic E-state index is -0.537. The highest BCUT2D eigenvalue weighted by Gasteiger charge is 2.26. The minimum absolute atomic E-state index is 0.0576. The van der Waals surface area contributed by atoms with E-state index in [0.29, 0.717) is 28.8 Å². The van der Waals surface area contributed by atoms with Crippen molar-refractivity contribution in [1.29, 1.82) is 0 Å². The summed E-state index contributed by atoms with van der Waals surface area (Å²) >= 11 is 13.7. The summed E-state index contributed by atoms with van der Waals surface area (Å²) in [6.45, 7) is 6.26. The van der Waals surface area contributed by atoms with E-state index in [2.05, 4.69) is 5.32 Å². The summed E-state index contributed by atoms with van der Waals surface area (Å²) in [5, 5.41) is 4.17. The molecule has 2 aromatic rings. The van der Waals surface area contributed by atoms with E-state index in [1.54, 1.807) is 24.0 Å². The van der Waals surface area contributed by atoms with Gasteiger partial charge in [-0.2, -0.15) is 0 Å². The van der Waals surface area contributed by atoms with Gasteiger partial charge in [0.1, 0.15) is 6.04 Å². The normalized spacial score (nSPS) is 12.8. The Morgan fingerprint density at radius 3 is 2.45 bits per heavy atom. The molecule has 0 aliphatic carbocycles. The van der Waals surface area contributed by atoms with Crippen molar-refractivity contribution in [3.63, 3.8) is 0 Å². The topological polar surface area (TPSA) is 49.4 Å². The summed E-state index contributed by atoms with van der Waals surface area (Å²) in [5.74, 6) is 0.690. The zero-order chi connectivity index (χ0) is 22.8. The first-order valence-corrected chi connectivity index (χ1v) is 12.4. The van der Waals surface area contributed by atoms with E-state index in [0.717, 1.165) is 17.5 Å². The fourth-order valence-corrected chi connectivity index (χ4v) is 4.47. The molecule has 0 saturated carbocycles. The van der Waals surface area contributed by atoms with Crippen LogP contribution in [0, 0.1) is 0 Å². The molecule has 31 heavy (non-hydrogen) atoms. The first kappa shape index (κ1) is 25.6. The maximum absolute atomic E-state index is 13.1. The van der Waals surface area contributed by atoms with Gasteiger partial charge in [0.05, 0.1) is 5.75 Å². The second-order valence-electron chi connectivity index (χ2n) is 7.55. The number of carbonyl (C=O) groups excluding carboxylic acids is 2. The summed E-state index contributed by atoms with van der Waals surface area (Å²) in [4.78, 5) is 27.4. The lowest BCUT2D eigenvalue weighted by Gasteiger charge is -2.29. The molecule has 2 aromatic carbocycles. The third-order valence-electron chi connectivity index (χ3n) is 5.15. The van der Waals surface area contributed by atoms with Crippen LogP contribution >= 0.6 is 35.0 Å². The van der Waals surface area contributed by atoms with E-state index in [1.165, 1.54) is 11.8 Å². The fourth-order valence-electron chi connectivity index (χ4n) is 3.01. The van der Waals surface area contributed by atoms with E-state index in [4.69, 9.17) is 23.2 Å². The number of hydrogen-bond donors (Lipinski definition) is 1. The molecule has 0 unspecified atom stereocenters. The second-order valence-corrected chi connectivity index (χ2v) is 9.37. The molecule has 0 heterocycles. The van der Waals surface area contributed by atoms with Crippen molar-refractivity contribution in [2.24, 2.45) is 0 Å². The quantitative estimate of drug-likeness (QED) is 0.455. The van der Waals surface area contributed by atoms with E-state index in [9.17, 15) is 9.59 Å². The maximum atomic E-state index is 13.1. The number of thioether (sulfide) groups is 1. The Morgan fingerprint density at radius 2 is 1.81 bits per heavy atom. The second kappa shape index (κ2) is 13.0. The summed E-state index contributed by atoms with van der Waals surface area (Å²) in [6.07, 6.45) is 1.54.